The number of nitrogen functional groups attached to an aromatic ring is 1. The molecule has 3 heteroatoms. The van der Waals surface area contributed by atoms with E-state index >= 15 is 0 Å². The van der Waals surface area contributed by atoms with Gasteiger partial charge in [0.15, 0.2) is 0 Å². The van der Waals surface area contributed by atoms with Crippen molar-refractivity contribution < 1.29 is 0 Å². The van der Waals surface area contributed by atoms with Gasteiger partial charge in [-0.3, -0.25) is 0 Å². The van der Waals surface area contributed by atoms with Gasteiger partial charge in [-0.1, -0.05) is 19.8 Å². The Labute approximate surface area is 85.9 Å². The van der Waals surface area contributed by atoms with Gasteiger partial charge in [0.05, 0.1) is 11.9 Å². The van der Waals surface area contributed by atoms with Crippen LogP contribution in [0.2, 0.25) is 0 Å². The molecule has 14 heavy (non-hydrogen) atoms. The number of unbranched alkanes of at least 4 members (excludes halogenated alkanes) is 2. The van der Waals surface area contributed by atoms with E-state index in [9.17, 15) is 0 Å². The zero-order chi connectivity index (χ0) is 10.4. The third-order valence-electron chi connectivity index (χ3n) is 2.31. The molecule has 0 fully saturated rings. The van der Waals surface area contributed by atoms with Crippen molar-refractivity contribution in [2.45, 2.75) is 26.2 Å². The first-order valence-corrected chi connectivity index (χ1v) is 5.16. The molecule has 0 aromatic carbocycles. The van der Waals surface area contributed by atoms with Gasteiger partial charge in [0.1, 0.15) is 5.82 Å². The van der Waals surface area contributed by atoms with Crippen molar-refractivity contribution in [3.8, 4) is 0 Å². The minimum absolute atomic E-state index is 0.579. The Morgan fingerprint density at radius 3 is 2.71 bits per heavy atom. The quantitative estimate of drug-likeness (QED) is 0.729. The largest absolute Gasteiger partial charge is 0.384 e. The van der Waals surface area contributed by atoms with E-state index in [0.29, 0.717) is 5.82 Å². The number of nitrogens with zero attached hydrogens (tertiary/aromatic N) is 2. The van der Waals surface area contributed by atoms with Gasteiger partial charge in [0.2, 0.25) is 0 Å². The standard InChI is InChI=1S/C11H19N3/c1-3-4-5-8-14(2)10-6-7-11(12)13-9-10/h6-7,9H,3-5,8H2,1-2H3,(H2,12,13). The van der Waals surface area contributed by atoms with Gasteiger partial charge in [0.25, 0.3) is 0 Å². The van der Waals surface area contributed by atoms with Crippen molar-refractivity contribution in [2.24, 2.45) is 0 Å². The lowest BCUT2D eigenvalue weighted by Crippen LogP contribution is -2.18. The number of anilines is 2. The van der Waals surface area contributed by atoms with Gasteiger partial charge in [-0.15, -0.1) is 0 Å². The van der Waals surface area contributed by atoms with Gasteiger partial charge < -0.3 is 10.6 Å². The number of aromatic nitrogens is 1. The van der Waals surface area contributed by atoms with Crippen LogP contribution >= 0.6 is 0 Å². The normalized spacial score (nSPS) is 10.1. The molecule has 78 valence electrons. The van der Waals surface area contributed by atoms with Crippen LogP contribution in [0.3, 0.4) is 0 Å². The average molecular weight is 193 g/mol. The molecule has 2 N–H and O–H groups in total. The van der Waals surface area contributed by atoms with Crippen molar-refractivity contribution in [3.05, 3.63) is 18.3 Å². The Kier molecular flexibility index (Phi) is 4.23. The molecule has 1 rings (SSSR count). The summed E-state index contributed by atoms with van der Waals surface area (Å²) in [5.74, 6) is 0.579. The molecular weight excluding hydrogens is 174 g/mol. The number of nitrogens with two attached hydrogens (primary N) is 1. The smallest absolute Gasteiger partial charge is 0.123 e. The lowest BCUT2D eigenvalue weighted by Gasteiger charge is -2.18. The van der Waals surface area contributed by atoms with Gasteiger partial charge in [-0.05, 0) is 18.6 Å². The molecule has 0 radical (unpaired) electrons. The number of hydrogen-bond acceptors (Lipinski definition) is 3. The van der Waals surface area contributed by atoms with E-state index in [-0.39, 0.29) is 0 Å². The van der Waals surface area contributed by atoms with Crippen molar-refractivity contribution in [1.82, 2.24) is 4.98 Å². The second-order valence-electron chi connectivity index (χ2n) is 3.57. The summed E-state index contributed by atoms with van der Waals surface area (Å²) in [4.78, 5) is 6.27. The van der Waals surface area contributed by atoms with E-state index in [1.54, 1.807) is 0 Å². The van der Waals surface area contributed by atoms with Crippen LogP contribution in [-0.4, -0.2) is 18.6 Å². The number of pyridine rings is 1. The summed E-state index contributed by atoms with van der Waals surface area (Å²) in [6, 6.07) is 3.85. The Balaban J connectivity index is 2.43. The molecule has 0 bridgehead atoms. The second kappa shape index (κ2) is 5.47. The van der Waals surface area contributed by atoms with Crippen molar-refractivity contribution in [2.75, 3.05) is 24.2 Å². The van der Waals surface area contributed by atoms with Crippen LogP contribution in [0.5, 0.6) is 0 Å². The van der Waals surface area contributed by atoms with Crippen LogP contribution in [0.15, 0.2) is 18.3 Å². The number of hydrogen-bond donors (Lipinski definition) is 1. The van der Waals surface area contributed by atoms with Gasteiger partial charge >= 0.3 is 0 Å². The fourth-order valence-electron chi connectivity index (χ4n) is 1.35. The summed E-state index contributed by atoms with van der Waals surface area (Å²) in [5, 5.41) is 0. The SMILES string of the molecule is CCCCCN(C)c1ccc(N)nc1. The van der Waals surface area contributed by atoms with E-state index < -0.39 is 0 Å². The van der Waals surface area contributed by atoms with Crippen LogP contribution in [0.4, 0.5) is 11.5 Å². The monoisotopic (exact) mass is 193 g/mol. The molecule has 0 atom stereocenters. The molecule has 0 spiro atoms. The fraction of sp³-hybridized carbons (Fsp3) is 0.545. The molecule has 1 aromatic heterocycles. The van der Waals surface area contributed by atoms with Crippen molar-refractivity contribution in [3.63, 3.8) is 0 Å². The molecule has 3 nitrogen and oxygen atoms in total. The Morgan fingerprint density at radius 2 is 2.14 bits per heavy atom. The summed E-state index contributed by atoms with van der Waals surface area (Å²) < 4.78 is 0. The molecule has 1 heterocycles. The minimum Gasteiger partial charge on any atom is -0.384 e. The van der Waals surface area contributed by atoms with Crippen LogP contribution < -0.4 is 10.6 Å². The Bertz CT molecular complexity index is 256. The number of rotatable bonds is 5. The van der Waals surface area contributed by atoms with Crippen LogP contribution in [-0.2, 0) is 0 Å². The summed E-state index contributed by atoms with van der Waals surface area (Å²) in [6.45, 7) is 3.30. The predicted octanol–water partition coefficient (Wildman–Crippen LogP) is 2.29. The fourth-order valence-corrected chi connectivity index (χ4v) is 1.35. The van der Waals surface area contributed by atoms with Crippen molar-refractivity contribution >= 4 is 11.5 Å². The molecule has 0 unspecified atom stereocenters. The maximum atomic E-state index is 5.52. The third kappa shape index (κ3) is 3.24. The zero-order valence-corrected chi connectivity index (χ0v) is 9.03. The van der Waals surface area contributed by atoms with E-state index in [1.807, 2.05) is 18.3 Å². The summed E-state index contributed by atoms with van der Waals surface area (Å²) in [7, 11) is 2.09. The maximum absolute atomic E-state index is 5.52. The van der Waals surface area contributed by atoms with Gasteiger partial charge in [-0.25, -0.2) is 4.98 Å². The molecular formula is C11H19N3. The highest BCUT2D eigenvalue weighted by Crippen LogP contribution is 2.12. The zero-order valence-electron chi connectivity index (χ0n) is 9.03. The van der Waals surface area contributed by atoms with Crippen LogP contribution in [0, 0.1) is 0 Å². The topological polar surface area (TPSA) is 42.1 Å². The van der Waals surface area contributed by atoms with Gasteiger partial charge in [0, 0.05) is 13.6 Å². The van der Waals surface area contributed by atoms with Crippen LogP contribution in [0.25, 0.3) is 0 Å². The molecule has 1 aromatic rings. The van der Waals surface area contributed by atoms with E-state index in [0.717, 1.165) is 12.2 Å². The predicted molar refractivity (Wildman–Crippen MR) is 61.4 cm³/mol. The lowest BCUT2D eigenvalue weighted by atomic mass is 10.2. The molecule has 0 aliphatic heterocycles. The highest BCUT2D eigenvalue weighted by molar-refractivity contribution is 5.47. The van der Waals surface area contributed by atoms with E-state index in [2.05, 4.69) is 23.9 Å². The second-order valence-corrected chi connectivity index (χ2v) is 3.57. The highest BCUT2D eigenvalue weighted by atomic mass is 15.1. The van der Waals surface area contributed by atoms with E-state index in [1.165, 1.54) is 19.3 Å². The molecule has 0 aliphatic rings. The molecule has 0 saturated heterocycles. The summed E-state index contributed by atoms with van der Waals surface area (Å²) >= 11 is 0. The lowest BCUT2D eigenvalue weighted by molar-refractivity contribution is 0.705. The molecule has 0 amide bonds. The van der Waals surface area contributed by atoms with Gasteiger partial charge in [-0.2, -0.15) is 0 Å². The average Bonchev–Trinajstić information content (AvgIpc) is 2.19. The van der Waals surface area contributed by atoms with Crippen LogP contribution in [0.1, 0.15) is 26.2 Å². The van der Waals surface area contributed by atoms with Crippen molar-refractivity contribution in [1.29, 1.82) is 0 Å². The third-order valence-corrected chi connectivity index (χ3v) is 2.31. The Hall–Kier alpha value is -1.25. The minimum atomic E-state index is 0.579. The molecule has 0 saturated carbocycles. The van der Waals surface area contributed by atoms with E-state index in [4.69, 9.17) is 5.73 Å². The first-order chi connectivity index (χ1) is 6.74. The highest BCUT2D eigenvalue weighted by Gasteiger charge is 1.99. The Morgan fingerprint density at radius 1 is 1.36 bits per heavy atom. The first kappa shape index (κ1) is 10.8. The maximum Gasteiger partial charge on any atom is 0.123 e. The summed E-state index contributed by atoms with van der Waals surface area (Å²) in [5.41, 5.74) is 6.65. The first-order valence-electron chi connectivity index (χ1n) is 5.16. The molecule has 0 aliphatic carbocycles. The summed E-state index contributed by atoms with van der Waals surface area (Å²) in [6.07, 6.45) is 5.60.